The molecule has 0 radical (unpaired) electrons. The lowest BCUT2D eigenvalue weighted by Crippen LogP contribution is -2.34. The van der Waals surface area contributed by atoms with Gasteiger partial charge in [-0.1, -0.05) is 12.1 Å². The predicted octanol–water partition coefficient (Wildman–Crippen LogP) is -0.170. The van der Waals surface area contributed by atoms with Gasteiger partial charge in [-0.25, -0.2) is 26.3 Å². The van der Waals surface area contributed by atoms with Crippen molar-refractivity contribution in [2.45, 2.75) is 4.90 Å². The van der Waals surface area contributed by atoms with Gasteiger partial charge in [-0.3, -0.25) is 0 Å². The molecule has 120 valence electrons. The Kier molecular flexibility index (Phi) is 6.94. The minimum absolute atomic E-state index is 0.106. The third-order valence-electron chi connectivity index (χ3n) is 2.53. The average Bonchev–Trinajstić information content (AvgIpc) is 2.40. The number of nitrogens with one attached hydrogen (secondary N) is 2. The highest BCUT2D eigenvalue weighted by atomic mass is 32.2. The monoisotopic (exact) mass is 353 g/mol. The van der Waals surface area contributed by atoms with Gasteiger partial charge in [-0.05, 0) is 19.2 Å². The summed E-state index contributed by atoms with van der Waals surface area (Å²) in [5, 5.41) is 0. The number of hydrogen-bond donors (Lipinski definition) is 3. The first-order valence-electron chi connectivity index (χ1n) is 6.11. The summed E-state index contributed by atoms with van der Waals surface area (Å²) < 4.78 is 50.1. The molecule has 4 N–H and O–H groups in total. The first-order chi connectivity index (χ1) is 9.76. The van der Waals surface area contributed by atoms with Gasteiger partial charge in [0.2, 0.25) is 20.0 Å². The van der Waals surface area contributed by atoms with Crippen LogP contribution in [0.2, 0.25) is 0 Å². The van der Waals surface area contributed by atoms with Crippen LogP contribution in [0.3, 0.4) is 0 Å². The van der Waals surface area contributed by atoms with Crippen molar-refractivity contribution in [3.05, 3.63) is 24.3 Å². The van der Waals surface area contributed by atoms with Gasteiger partial charge in [0.1, 0.15) is 0 Å². The fourth-order valence-electron chi connectivity index (χ4n) is 1.38. The molecular formula is C11H19N3O4S3. The number of anilines is 1. The van der Waals surface area contributed by atoms with Crippen molar-refractivity contribution < 1.29 is 16.8 Å². The SMILES string of the molecule is CNS(=O)(=O)CCNS(=O)(=O)CCSc1ccccc1N. The van der Waals surface area contributed by atoms with E-state index in [-0.39, 0.29) is 18.1 Å². The van der Waals surface area contributed by atoms with Crippen LogP contribution >= 0.6 is 11.8 Å². The van der Waals surface area contributed by atoms with E-state index >= 15 is 0 Å². The van der Waals surface area contributed by atoms with E-state index in [9.17, 15) is 16.8 Å². The number of hydrogen-bond acceptors (Lipinski definition) is 6. The molecule has 0 aromatic heterocycles. The third-order valence-corrected chi connectivity index (χ3v) is 6.63. The molecule has 0 aliphatic carbocycles. The number of thioether (sulfide) groups is 1. The van der Waals surface area contributed by atoms with Crippen molar-refractivity contribution in [1.82, 2.24) is 9.44 Å². The summed E-state index contributed by atoms with van der Waals surface area (Å²) in [5.41, 5.74) is 6.36. The molecule has 0 saturated carbocycles. The fourth-order valence-corrected chi connectivity index (χ4v) is 4.48. The van der Waals surface area contributed by atoms with Gasteiger partial charge in [0.25, 0.3) is 0 Å². The zero-order chi connectivity index (χ0) is 15.9. The van der Waals surface area contributed by atoms with Crippen LogP contribution in [0, 0.1) is 0 Å². The molecule has 21 heavy (non-hydrogen) atoms. The van der Waals surface area contributed by atoms with Gasteiger partial charge in [-0.15, -0.1) is 11.8 Å². The Balaban J connectivity index is 2.38. The second kappa shape index (κ2) is 7.99. The number of para-hydroxylation sites is 1. The van der Waals surface area contributed by atoms with Gasteiger partial charge in [-0.2, -0.15) is 0 Å². The van der Waals surface area contributed by atoms with Crippen LogP contribution in [0.4, 0.5) is 5.69 Å². The van der Waals surface area contributed by atoms with E-state index in [1.807, 2.05) is 12.1 Å². The van der Waals surface area contributed by atoms with E-state index in [0.717, 1.165) is 4.90 Å². The number of nitrogen functional groups attached to an aromatic ring is 1. The Hall–Kier alpha value is -0.810. The molecule has 0 saturated heterocycles. The highest BCUT2D eigenvalue weighted by Crippen LogP contribution is 2.24. The summed E-state index contributed by atoms with van der Waals surface area (Å²) in [4.78, 5) is 0.825. The fraction of sp³-hybridized carbons (Fsp3) is 0.455. The van der Waals surface area contributed by atoms with Gasteiger partial charge >= 0.3 is 0 Å². The smallest absolute Gasteiger partial charge is 0.212 e. The van der Waals surface area contributed by atoms with Crippen LogP contribution in [-0.2, 0) is 20.0 Å². The van der Waals surface area contributed by atoms with Crippen LogP contribution in [0.25, 0.3) is 0 Å². The maximum Gasteiger partial charge on any atom is 0.212 e. The van der Waals surface area contributed by atoms with E-state index in [2.05, 4.69) is 9.44 Å². The van der Waals surface area contributed by atoms with Crippen molar-refractivity contribution in [2.24, 2.45) is 0 Å². The topological polar surface area (TPSA) is 118 Å². The molecule has 0 unspecified atom stereocenters. The van der Waals surface area contributed by atoms with Gasteiger partial charge in [0.15, 0.2) is 0 Å². The summed E-state index contributed by atoms with van der Waals surface area (Å²) in [6, 6.07) is 7.20. The standard InChI is InChI=1S/C11H19N3O4S3/c1-13-20(15,16)8-6-14-21(17,18)9-7-19-11-5-3-2-4-10(11)12/h2-5,13-14H,6-9,12H2,1H3. The van der Waals surface area contributed by atoms with E-state index in [1.165, 1.54) is 18.8 Å². The van der Waals surface area contributed by atoms with E-state index in [1.54, 1.807) is 12.1 Å². The van der Waals surface area contributed by atoms with Gasteiger partial charge < -0.3 is 5.73 Å². The van der Waals surface area contributed by atoms with Crippen molar-refractivity contribution in [2.75, 3.05) is 36.6 Å². The molecule has 0 heterocycles. The second-order valence-electron chi connectivity index (χ2n) is 4.12. The Morgan fingerprint density at radius 2 is 1.76 bits per heavy atom. The van der Waals surface area contributed by atoms with Crippen molar-refractivity contribution in [3.8, 4) is 0 Å². The first-order valence-corrected chi connectivity index (χ1v) is 10.4. The lowest BCUT2D eigenvalue weighted by atomic mass is 10.3. The molecule has 0 bridgehead atoms. The zero-order valence-electron chi connectivity index (χ0n) is 11.6. The molecule has 10 heteroatoms. The second-order valence-corrected chi connectivity index (χ2v) is 9.23. The molecule has 0 atom stereocenters. The van der Waals surface area contributed by atoms with E-state index in [4.69, 9.17) is 5.73 Å². The zero-order valence-corrected chi connectivity index (χ0v) is 14.0. The molecule has 0 amide bonds. The van der Waals surface area contributed by atoms with Crippen LogP contribution in [-0.4, -0.2) is 47.7 Å². The highest BCUT2D eigenvalue weighted by molar-refractivity contribution is 8.00. The Morgan fingerprint density at radius 3 is 2.38 bits per heavy atom. The molecule has 7 nitrogen and oxygen atoms in total. The summed E-state index contributed by atoms with van der Waals surface area (Å²) in [5.74, 6) is -0.0601. The predicted molar refractivity (Wildman–Crippen MR) is 86.2 cm³/mol. The number of nitrogens with two attached hydrogens (primary N) is 1. The number of rotatable bonds is 9. The van der Waals surface area contributed by atoms with E-state index < -0.39 is 20.0 Å². The van der Waals surface area contributed by atoms with Crippen LogP contribution in [0.15, 0.2) is 29.2 Å². The average molecular weight is 353 g/mol. The Bertz CT molecular complexity index is 659. The van der Waals surface area contributed by atoms with E-state index in [0.29, 0.717) is 11.4 Å². The first kappa shape index (κ1) is 18.2. The van der Waals surface area contributed by atoms with Crippen LogP contribution in [0.1, 0.15) is 0 Å². The molecule has 1 rings (SSSR count). The number of sulfonamides is 2. The summed E-state index contributed by atoms with van der Waals surface area (Å²) in [6.45, 7) is -0.149. The van der Waals surface area contributed by atoms with Crippen molar-refractivity contribution in [1.29, 1.82) is 0 Å². The molecule has 0 fully saturated rings. The molecular weight excluding hydrogens is 334 g/mol. The van der Waals surface area contributed by atoms with Crippen LogP contribution < -0.4 is 15.2 Å². The molecule has 0 aliphatic rings. The minimum Gasteiger partial charge on any atom is -0.398 e. The lowest BCUT2D eigenvalue weighted by molar-refractivity contribution is 0.579. The summed E-state index contributed by atoms with van der Waals surface area (Å²) in [6.07, 6.45) is 0. The van der Waals surface area contributed by atoms with Crippen LogP contribution in [0.5, 0.6) is 0 Å². The molecule has 0 spiro atoms. The lowest BCUT2D eigenvalue weighted by Gasteiger charge is -2.08. The Labute approximate surface area is 129 Å². The highest BCUT2D eigenvalue weighted by Gasteiger charge is 2.13. The Morgan fingerprint density at radius 1 is 1.10 bits per heavy atom. The number of benzene rings is 1. The maximum atomic E-state index is 11.7. The van der Waals surface area contributed by atoms with Gasteiger partial charge in [0.05, 0.1) is 11.5 Å². The maximum absolute atomic E-state index is 11.7. The normalized spacial score (nSPS) is 12.4. The summed E-state index contributed by atoms with van der Waals surface area (Å²) >= 11 is 1.34. The van der Waals surface area contributed by atoms with Gasteiger partial charge in [0, 0.05) is 22.9 Å². The summed E-state index contributed by atoms with van der Waals surface area (Å²) in [7, 11) is -5.63. The largest absolute Gasteiger partial charge is 0.398 e. The molecule has 1 aromatic carbocycles. The van der Waals surface area contributed by atoms with Crippen molar-refractivity contribution >= 4 is 37.5 Å². The quantitative estimate of drug-likeness (QED) is 0.419. The minimum atomic E-state index is -3.50. The van der Waals surface area contributed by atoms with Crippen molar-refractivity contribution in [3.63, 3.8) is 0 Å². The third kappa shape index (κ3) is 7.14. The molecule has 0 aliphatic heterocycles. The molecule has 1 aromatic rings.